The van der Waals surface area contributed by atoms with Crippen LogP contribution in [-0.4, -0.2) is 26.6 Å². The van der Waals surface area contributed by atoms with Crippen LogP contribution >= 0.6 is 0 Å². The van der Waals surface area contributed by atoms with Crippen LogP contribution in [0.25, 0.3) is 0 Å². The van der Waals surface area contributed by atoms with E-state index in [2.05, 4.69) is 0 Å². The number of ether oxygens (including phenoxy) is 1. The fraction of sp³-hybridized carbons (Fsp3) is 0.417. The summed E-state index contributed by atoms with van der Waals surface area (Å²) in [5.74, 6) is 0.482. The molecule has 0 unspecified atom stereocenters. The van der Waals surface area contributed by atoms with Crippen LogP contribution in [0.15, 0.2) is 29.2 Å². The van der Waals surface area contributed by atoms with Gasteiger partial charge in [-0.05, 0) is 38.1 Å². The van der Waals surface area contributed by atoms with E-state index in [1.54, 1.807) is 12.1 Å². The van der Waals surface area contributed by atoms with Crippen molar-refractivity contribution in [3.63, 3.8) is 0 Å². The molecule has 1 rings (SSSR count). The van der Waals surface area contributed by atoms with Crippen molar-refractivity contribution >= 4 is 16.1 Å². The molecule has 0 saturated carbocycles. The number of carbonyl (C=O) groups excluding carboxylic acids is 1. The molecule has 1 aromatic rings. The first-order chi connectivity index (χ1) is 7.95. The van der Waals surface area contributed by atoms with E-state index in [0.717, 1.165) is 0 Å². The zero-order chi connectivity index (χ0) is 12.9. The van der Waals surface area contributed by atoms with E-state index in [-0.39, 0.29) is 23.2 Å². The second-order valence-corrected chi connectivity index (χ2v) is 6.02. The van der Waals surface area contributed by atoms with Crippen LogP contribution in [0.4, 0.5) is 0 Å². The van der Waals surface area contributed by atoms with Crippen LogP contribution in [0, 0.1) is 0 Å². The average Bonchev–Trinajstić information content (AvgIpc) is 2.26. The van der Waals surface area contributed by atoms with Gasteiger partial charge in [0.05, 0.1) is 16.8 Å². The largest absolute Gasteiger partial charge is 0.491 e. The highest BCUT2D eigenvalue weighted by Gasteiger charge is 2.13. The van der Waals surface area contributed by atoms with Crippen LogP contribution in [0.3, 0.4) is 0 Å². The van der Waals surface area contributed by atoms with E-state index in [4.69, 9.17) is 4.74 Å². The summed E-state index contributed by atoms with van der Waals surface area (Å²) in [6.45, 7) is 3.80. The van der Waals surface area contributed by atoms with Crippen LogP contribution in [0.2, 0.25) is 0 Å². The minimum Gasteiger partial charge on any atom is -0.491 e. The molecule has 0 radical (unpaired) electrons. The first kappa shape index (κ1) is 13.7. The Hall–Kier alpha value is -1.36. The molecule has 4 nitrogen and oxygen atoms in total. The van der Waals surface area contributed by atoms with E-state index in [1.165, 1.54) is 12.1 Å². The van der Waals surface area contributed by atoms with Gasteiger partial charge in [0, 0.05) is 6.42 Å². The van der Waals surface area contributed by atoms with Gasteiger partial charge in [0.2, 0.25) is 0 Å². The summed E-state index contributed by atoms with van der Waals surface area (Å²) in [4.78, 5) is 10.4. The van der Waals surface area contributed by atoms with Gasteiger partial charge in [0.25, 0.3) is 0 Å². The Labute approximate surface area is 102 Å². The maximum atomic E-state index is 11.7. The van der Waals surface area contributed by atoms with Gasteiger partial charge in [-0.2, -0.15) is 0 Å². The fourth-order valence-electron chi connectivity index (χ4n) is 1.32. The Morgan fingerprint density at radius 2 is 1.82 bits per heavy atom. The van der Waals surface area contributed by atoms with Crippen molar-refractivity contribution in [1.82, 2.24) is 0 Å². The molecular formula is C12H16O4S. The van der Waals surface area contributed by atoms with E-state index in [1.807, 2.05) is 13.8 Å². The zero-order valence-corrected chi connectivity index (χ0v) is 10.7. The van der Waals surface area contributed by atoms with Gasteiger partial charge in [0.15, 0.2) is 9.84 Å². The van der Waals surface area contributed by atoms with Crippen LogP contribution in [-0.2, 0) is 14.6 Å². The Kier molecular flexibility index (Phi) is 4.69. The second-order valence-electron chi connectivity index (χ2n) is 3.91. The lowest BCUT2D eigenvalue weighted by atomic mass is 10.3. The van der Waals surface area contributed by atoms with Gasteiger partial charge in [-0.3, -0.25) is 0 Å². The molecule has 0 aliphatic carbocycles. The summed E-state index contributed by atoms with van der Waals surface area (Å²) >= 11 is 0. The summed E-state index contributed by atoms with van der Waals surface area (Å²) < 4.78 is 28.9. The van der Waals surface area contributed by atoms with Crippen molar-refractivity contribution in [2.24, 2.45) is 0 Å². The molecule has 0 aliphatic heterocycles. The second kappa shape index (κ2) is 5.82. The number of rotatable bonds is 6. The van der Waals surface area contributed by atoms with Crippen LogP contribution < -0.4 is 4.74 Å². The van der Waals surface area contributed by atoms with Crippen molar-refractivity contribution in [3.05, 3.63) is 24.3 Å². The predicted octanol–water partition coefficient (Wildman–Crippen LogP) is 1.84. The van der Waals surface area contributed by atoms with E-state index in [0.29, 0.717) is 12.0 Å². The predicted molar refractivity (Wildman–Crippen MR) is 64.9 cm³/mol. The highest BCUT2D eigenvalue weighted by molar-refractivity contribution is 7.91. The fourth-order valence-corrected chi connectivity index (χ4v) is 2.51. The molecule has 0 saturated heterocycles. The lowest BCUT2D eigenvalue weighted by Crippen LogP contribution is -2.08. The summed E-state index contributed by atoms with van der Waals surface area (Å²) in [7, 11) is -3.35. The quantitative estimate of drug-likeness (QED) is 0.729. The number of aldehydes is 1. The Bertz CT molecular complexity index is 460. The molecule has 0 amide bonds. The third kappa shape index (κ3) is 4.19. The maximum Gasteiger partial charge on any atom is 0.178 e. The molecule has 0 bridgehead atoms. The molecule has 0 aliphatic rings. The van der Waals surface area contributed by atoms with Gasteiger partial charge in [-0.1, -0.05) is 0 Å². The van der Waals surface area contributed by atoms with Crippen molar-refractivity contribution in [2.75, 3.05) is 5.75 Å². The van der Waals surface area contributed by atoms with Crippen molar-refractivity contribution in [3.8, 4) is 5.75 Å². The Morgan fingerprint density at radius 1 is 1.24 bits per heavy atom. The third-order valence-electron chi connectivity index (χ3n) is 2.06. The normalized spacial score (nSPS) is 11.5. The average molecular weight is 256 g/mol. The SMILES string of the molecule is CC(C)Oc1ccc(S(=O)(=O)CCC=O)cc1. The van der Waals surface area contributed by atoms with E-state index < -0.39 is 9.84 Å². The number of carbonyl (C=O) groups is 1. The minimum atomic E-state index is -3.35. The highest BCUT2D eigenvalue weighted by atomic mass is 32.2. The standard InChI is InChI=1S/C12H16O4S/c1-10(2)16-11-4-6-12(7-5-11)17(14,15)9-3-8-13/h4-8,10H,3,9H2,1-2H3. The molecular weight excluding hydrogens is 240 g/mol. The van der Waals surface area contributed by atoms with Crippen molar-refractivity contribution < 1.29 is 17.9 Å². The maximum absolute atomic E-state index is 11.7. The molecule has 1 aromatic carbocycles. The van der Waals surface area contributed by atoms with Gasteiger partial charge in [-0.15, -0.1) is 0 Å². The molecule has 0 atom stereocenters. The number of hydrogen-bond donors (Lipinski definition) is 0. The van der Waals surface area contributed by atoms with Gasteiger partial charge < -0.3 is 9.53 Å². The zero-order valence-electron chi connectivity index (χ0n) is 9.92. The van der Waals surface area contributed by atoms with Gasteiger partial charge in [-0.25, -0.2) is 8.42 Å². The molecule has 0 heterocycles. The molecule has 0 spiro atoms. The number of benzene rings is 1. The summed E-state index contributed by atoms with van der Waals surface area (Å²) in [5, 5.41) is 0. The smallest absolute Gasteiger partial charge is 0.178 e. The first-order valence-electron chi connectivity index (χ1n) is 5.39. The first-order valence-corrected chi connectivity index (χ1v) is 7.04. The molecule has 5 heteroatoms. The van der Waals surface area contributed by atoms with Crippen molar-refractivity contribution in [2.45, 2.75) is 31.3 Å². The molecule has 0 aromatic heterocycles. The molecule has 94 valence electrons. The highest BCUT2D eigenvalue weighted by Crippen LogP contribution is 2.18. The minimum absolute atomic E-state index is 0.0204. The van der Waals surface area contributed by atoms with Gasteiger partial charge in [0.1, 0.15) is 12.0 Å². The lowest BCUT2D eigenvalue weighted by Gasteiger charge is -2.10. The number of sulfone groups is 1. The monoisotopic (exact) mass is 256 g/mol. The van der Waals surface area contributed by atoms with Gasteiger partial charge >= 0.3 is 0 Å². The molecule has 0 fully saturated rings. The Balaban J connectivity index is 2.83. The van der Waals surface area contributed by atoms with E-state index in [9.17, 15) is 13.2 Å². The lowest BCUT2D eigenvalue weighted by molar-refractivity contribution is -0.107. The topological polar surface area (TPSA) is 60.4 Å². The summed E-state index contributed by atoms with van der Waals surface area (Å²) in [6, 6.07) is 6.23. The van der Waals surface area contributed by atoms with Crippen LogP contribution in [0.1, 0.15) is 20.3 Å². The molecule has 17 heavy (non-hydrogen) atoms. The Morgan fingerprint density at radius 3 is 2.29 bits per heavy atom. The van der Waals surface area contributed by atoms with Crippen LogP contribution in [0.5, 0.6) is 5.75 Å². The summed E-state index contributed by atoms with van der Waals surface area (Å²) in [5.41, 5.74) is 0. The number of hydrogen-bond acceptors (Lipinski definition) is 4. The van der Waals surface area contributed by atoms with Crippen molar-refractivity contribution in [1.29, 1.82) is 0 Å². The molecule has 0 N–H and O–H groups in total. The van der Waals surface area contributed by atoms with E-state index >= 15 is 0 Å². The summed E-state index contributed by atoms with van der Waals surface area (Å²) in [6.07, 6.45) is 0.674. The third-order valence-corrected chi connectivity index (χ3v) is 3.82.